The molecule has 3 aromatic rings. The maximum atomic E-state index is 5.70. The smallest absolute Gasteiger partial charge is 0.263 e. The lowest BCUT2D eigenvalue weighted by Crippen LogP contribution is -2.22. The first-order valence-electron chi connectivity index (χ1n) is 7.17. The highest BCUT2D eigenvalue weighted by Crippen LogP contribution is 2.26. The molecule has 3 aromatic heterocycles. The van der Waals surface area contributed by atoms with E-state index in [9.17, 15) is 0 Å². The summed E-state index contributed by atoms with van der Waals surface area (Å²) in [5, 5.41) is 3.20. The summed E-state index contributed by atoms with van der Waals surface area (Å²) in [4.78, 5) is 11.3. The first-order chi connectivity index (χ1) is 10.5. The zero-order chi connectivity index (χ0) is 15.7. The van der Waals surface area contributed by atoms with Crippen LogP contribution in [0.2, 0.25) is 0 Å². The summed E-state index contributed by atoms with van der Waals surface area (Å²) < 4.78 is 11.0. The van der Waals surface area contributed by atoms with Crippen LogP contribution in [-0.4, -0.2) is 21.9 Å². The highest BCUT2D eigenvalue weighted by molar-refractivity contribution is 7.09. The Bertz CT molecular complexity index is 745. The van der Waals surface area contributed by atoms with Crippen molar-refractivity contribution < 1.29 is 8.83 Å². The third kappa shape index (κ3) is 2.98. The second-order valence-electron chi connectivity index (χ2n) is 5.42. The Hall–Kier alpha value is -1.92. The van der Waals surface area contributed by atoms with E-state index in [1.165, 1.54) is 0 Å². The van der Waals surface area contributed by atoms with Crippen molar-refractivity contribution in [3.05, 3.63) is 45.9 Å². The van der Waals surface area contributed by atoms with Gasteiger partial charge in [0, 0.05) is 17.6 Å². The van der Waals surface area contributed by atoms with Gasteiger partial charge >= 0.3 is 0 Å². The number of hydrogen-bond donors (Lipinski definition) is 0. The molecule has 0 saturated heterocycles. The van der Waals surface area contributed by atoms with Crippen molar-refractivity contribution in [2.24, 2.45) is 0 Å². The molecule has 3 heterocycles. The predicted molar refractivity (Wildman–Crippen MR) is 85.7 cm³/mol. The van der Waals surface area contributed by atoms with Gasteiger partial charge in [-0.25, -0.2) is 9.97 Å². The summed E-state index contributed by atoms with van der Waals surface area (Å²) in [6, 6.07) is 3.91. The fourth-order valence-electron chi connectivity index (χ4n) is 2.21. The molecule has 116 valence electrons. The lowest BCUT2D eigenvalue weighted by Gasteiger charge is -2.21. The van der Waals surface area contributed by atoms with Crippen molar-refractivity contribution in [3.8, 4) is 11.7 Å². The van der Waals surface area contributed by atoms with Crippen molar-refractivity contribution >= 4 is 11.3 Å². The van der Waals surface area contributed by atoms with E-state index in [-0.39, 0.29) is 6.04 Å². The van der Waals surface area contributed by atoms with Crippen LogP contribution in [0, 0.1) is 13.8 Å². The Morgan fingerprint density at radius 2 is 2.14 bits per heavy atom. The molecule has 0 bridgehead atoms. The van der Waals surface area contributed by atoms with Gasteiger partial charge in [-0.15, -0.1) is 11.3 Å². The molecule has 0 saturated carbocycles. The molecule has 0 N–H and O–H groups in total. The lowest BCUT2D eigenvalue weighted by molar-refractivity contribution is 0.248. The van der Waals surface area contributed by atoms with Crippen LogP contribution in [0.15, 0.2) is 32.6 Å². The minimum Gasteiger partial charge on any atom is -0.459 e. The van der Waals surface area contributed by atoms with E-state index in [0.717, 1.165) is 22.2 Å². The van der Waals surface area contributed by atoms with Crippen molar-refractivity contribution in [3.63, 3.8) is 0 Å². The number of hydrogen-bond acceptors (Lipinski definition) is 6. The van der Waals surface area contributed by atoms with Crippen molar-refractivity contribution in [1.29, 1.82) is 0 Å². The van der Waals surface area contributed by atoms with Crippen LogP contribution < -0.4 is 0 Å². The molecular weight excluding hydrogens is 298 g/mol. The van der Waals surface area contributed by atoms with Crippen molar-refractivity contribution in [1.82, 2.24) is 14.9 Å². The Kier molecular flexibility index (Phi) is 4.13. The summed E-state index contributed by atoms with van der Waals surface area (Å²) in [6.07, 6.45) is 1.62. The van der Waals surface area contributed by atoms with Gasteiger partial charge in [0.15, 0.2) is 5.76 Å². The van der Waals surface area contributed by atoms with Gasteiger partial charge < -0.3 is 8.83 Å². The number of aryl methyl sites for hydroxylation is 2. The van der Waals surface area contributed by atoms with Crippen LogP contribution in [0.25, 0.3) is 11.7 Å². The Morgan fingerprint density at radius 3 is 2.77 bits per heavy atom. The Balaban J connectivity index is 1.75. The van der Waals surface area contributed by atoms with Gasteiger partial charge in [0.25, 0.3) is 5.89 Å². The number of oxazole rings is 1. The van der Waals surface area contributed by atoms with E-state index in [1.807, 2.05) is 26.0 Å². The first-order valence-corrected chi connectivity index (χ1v) is 8.05. The van der Waals surface area contributed by atoms with Crippen LogP contribution >= 0.6 is 11.3 Å². The van der Waals surface area contributed by atoms with Crippen molar-refractivity contribution in [2.75, 3.05) is 7.05 Å². The van der Waals surface area contributed by atoms with Gasteiger partial charge in [-0.3, -0.25) is 4.90 Å². The van der Waals surface area contributed by atoms with Crippen LogP contribution in [0.3, 0.4) is 0 Å². The standard InChI is InChI=1S/C16H19N3O2S/c1-10-9-22-16(17-10)11(2)19(4)8-13-12(3)21-15(18-13)14-6-5-7-20-14/h5-7,9,11H,8H2,1-4H3. The maximum absolute atomic E-state index is 5.70. The van der Waals surface area contributed by atoms with E-state index in [4.69, 9.17) is 8.83 Å². The molecule has 0 aromatic carbocycles. The highest BCUT2D eigenvalue weighted by Gasteiger charge is 2.19. The maximum Gasteiger partial charge on any atom is 0.263 e. The highest BCUT2D eigenvalue weighted by atomic mass is 32.1. The molecule has 6 heteroatoms. The third-order valence-electron chi connectivity index (χ3n) is 3.68. The van der Waals surface area contributed by atoms with Crippen LogP contribution in [-0.2, 0) is 6.54 Å². The zero-order valence-electron chi connectivity index (χ0n) is 13.2. The zero-order valence-corrected chi connectivity index (χ0v) is 14.0. The molecule has 0 spiro atoms. The summed E-state index contributed by atoms with van der Waals surface area (Å²) >= 11 is 1.69. The number of thiazole rings is 1. The lowest BCUT2D eigenvalue weighted by atomic mass is 10.2. The predicted octanol–water partition coefficient (Wildman–Crippen LogP) is 4.20. The number of aromatic nitrogens is 2. The molecule has 0 radical (unpaired) electrons. The average molecular weight is 317 g/mol. The molecule has 1 unspecified atom stereocenters. The van der Waals surface area contributed by atoms with Gasteiger partial charge in [-0.1, -0.05) is 0 Å². The second-order valence-corrected chi connectivity index (χ2v) is 6.31. The monoisotopic (exact) mass is 317 g/mol. The molecule has 0 aliphatic heterocycles. The van der Waals surface area contributed by atoms with Crippen LogP contribution in [0.1, 0.15) is 35.1 Å². The molecule has 1 atom stereocenters. The van der Waals surface area contributed by atoms with Gasteiger partial charge in [-0.2, -0.15) is 0 Å². The van der Waals surface area contributed by atoms with Gasteiger partial charge in [0.05, 0.1) is 18.0 Å². The van der Waals surface area contributed by atoms with Crippen LogP contribution in [0.5, 0.6) is 0 Å². The van der Waals surface area contributed by atoms with E-state index in [0.29, 0.717) is 18.2 Å². The fraction of sp³-hybridized carbons (Fsp3) is 0.375. The molecule has 22 heavy (non-hydrogen) atoms. The van der Waals surface area contributed by atoms with E-state index in [1.54, 1.807) is 17.6 Å². The summed E-state index contributed by atoms with van der Waals surface area (Å²) in [5.74, 6) is 2.00. The number of furan rings is 1. The first kappa shape index (κ1) is 15.0. The summed E-state index contributed by atoms with van der Waals surface area (Å²) in [5.41, 5.74) is 1.99. The van der Waals surface area contributed by atoms with Gasteiger partial charge in [-0.05, 0) is 40.0 Å². The van der Waals surface area contributed by atoms with E-state index >= 15 is 0 Å². The fourth-order valence-corrected chi connectivity index (χ4v) is 3.12. The SMILES string of the molecule is Cc1csc(C(C)N(C)Cc2nc(-c3ccco3)oc2C)n1. The van der Waals surface area contributed by atoms with E-state index in [2.05, 4.69) is 34.2 Å². The minimum absolute atomic E-state index is 0.238. The molecule has 0 fully saturated rings. The Labute approximate surface area is 133 Å². The Morgan fingerprint density at radius 1 is 1.32 bits per heavy atom. The van der Waals surface area contributed by atoms with Crippen molar-refractivity contribution in [2.45, 2.75) is 33.4 Å². The van der Waals surface area contributed by atoms with E-state index < -0.39 is 0 Å². The third-order valence-corrected chi connectivity index (χ3v) is 4.81. The normalized spacial score (nSPS) is 13.0. The van der Waals surface area contributed by atoms with Crippen LogP contribution in [0.4, 0.5) is 0 Å². The molecule has 0 aliphatic carbocycles. The largest absolute Gasteiger partial charge is 0.459 e. The van der Waals surface area contributed by atoms with Gasteiger partial charge in [0.1, 0.15) is 10.8 Å². The number of nitrogens with zero attached hydrogens (tertiary/aromatic N) is 3. The minimum atomic E-state index is 0.238. The summed E-state index contributed by atoms with van der Waals surface area (Å²) in [7, 11) is 2.07. The number of rotatable bonds is 5. The molecule has 0 amide bonds. The molecule has 5 nitrogen and oxygen atoms in total. The second kappa shape index (κ2) is 6.06. The average Bonchev–Trinajstić information content (AvgIpc) is 3.20. The quantitative estimate of drug-likeness (QED) is 0.706. The summed E-state index contributed by atoms with van der Waals surface area (Å²) in [6.45, 7) is 6.81. The molecule has 3 rings (SSSR count). The van der Waals surface area contributed by atoms with Gasteiger partial charge in [0.2, 0.25) is 0 Å². The molecule has 0 aliphatic rings. The topological polar surface area (TPSA) is 55.3 Å². The molecular formula is C16H19N3O2S.